The van der Waals surface area contributed by atoms with Gasteiger partial charge in [-0.15, -0.1) is 0 Å². The van der Waals surface area contributed by atoms with E-state index in [1.54, 1.807) is 26.2 Å². The third-order valence-electron chi connectivity index (χ3n) is 4.44. The highest BCUT2D eigenvalue weighted by atomic mass is 16.5. The summed E-state index contributed by atoms with van der Waals surface area (Å²) < 4.78 is 10.1. The number of esters is 1. The van der Waals surface area contributed by atoms with E-state index in [4.69, 9.17) is 9.47 Å². The van der Waals surface area contributed by atoms with Crippen molar-refractivity contribution in [2.45, 2.75) is 39.2 Å². The van der Waals surface area contributed by atoms with Gasteiger partial charge in [-0.2, -0.15) is 0 Å². The van der Waals surface area contributed by atoms with E-state index >= 15 is 0 Å². The summed E-state index contributed by atoms with van der Waals surface area (Å²) in [7, 11) is 1.58. The minimum atomic E-state index is -1.12. The molecule has 25 heavy (non-hydrogen) atoms. The van der Waals surface area contributed by atoms with Crippen molar-refractivity contribution in [2.24, 2.45) is 0 Å². The minimum Gasteiger partial charge on any atom is -0.496 e. The van der Waals surface area contributed by atoms with Gasteiger partial charge in [0.1, 0.15) is 11.3 Å². The van der Waals surface area contributed by atoms with Crippen LogP contribution in [0, 0.1) is 6.92 Å². The molecule has 3 amide bonds. The van der Waals surface area contributed by atoms with E-state index in [-0.39, 0.29) is 25.5 Å². The van der Waals surface area contributed by atoms with Gasteiger partial charge in [0, 0.05) is 6.54 Å². The molecule has 0 saturated carbocycles. The lowest BCUT2D eigenvalue weighted by Gasteiger charge is -2.26. The molecule has 2 rings (SSSR count). The van der Waals surface area contributed by atoms with Crippen LogP contribution in [0.5, 0.6) is 5.75 Å². The Balaban J connectivity index is 2.27. The van der Waals surface area contributed by atoms with Crippen LogP contribution in [-0.4, -0.2) is 43.1 Å². The Kier molecular flexibility index (Phi) is 5.66. The molecule has 1 aromatic carbocycles. The zero-order valence-corrected chi connectivity index (χ0v) is 15.0. The molecule has 1 saturated heterocycles. The van der Waals surface area contributed by atoms with Crippen molar-refractivity contribution < 1.29 is 23.9 Å². The summed E-state index contributed by atoms with van der Waals surface area (Å²) in [5.41, 5.74) is 0.452. The number of nitrogens with zero attached hydrogens (tertiary/aromatic N) is 1. The predicted octanol–water partition coefficient (Wildman–Crippen LogP) is 2.11. The monoisotopic (exact) mass is 348 g/mol. The van der Waals surface area contributed by atoms with Crippen LogP contribution < -0.4 is 10.1 Å². The summed E-state index contributed by atoms with van der Waals surface area (Å²) in [4.78, 5) is 37.9. The molecular weight excluding hydrogens is 324 g/mol. The molecule has 1 heterocycles. The highest BCUT2D eigenvalue weighted by Crippen LogP contribution is 2.34. The van der Waals surface area contributed by atoms with Gasteiger partial charge in [-0.3, -0.25) is 14.5 Å². The molecule has 0 aliphatic carbocycles. The van der Waals surface area contributed by atoms with Crippen LogP contribution in [0.4, 0.5) is 4.79 Å². The fourth-order valence-electron chi connectivity index (χ4n) is 3.05. The number of aryl methyl sites for hydroxylation is 1. The number of urea groups is 1. The van der Waals surface area contributed by atoms with E-state index in [1.807, 2.05) is 19.9 Å². The summed E-state index contributed by atoms with van der Waals surface area (Å²) in [6.07, 6.45) is 0.383. The first-order valence-corrected chi connectivity index (χ1v) is 8.34. The second kappa shape index (κ2) is 7.55. The number of benzene rings is 1. The lowest BCUT2D eigenvalue weighted by Crippen LogP contribution is -2.43. The van der Waals surface area contributed by atoms with Gasteiger partial charge >= 0.3 is 12.0 Å². The SMILES string of the molecule is CCOC(=O)CCN1C(=O)NC(CC)(c2ccc(OC)c(C)c2)C1=O. The first-order chi connectivity index (χ1) is 11.9. The fraction of sp³-hybridized carbons (Fsp3) is 0.500. The standard InChI is InChI=1S/C18H24N2O5/c1-5-18(13-7-8-14(24-4)12(3)11-13)16(22)20(17(23)19-18)10-9-15(21)25-6-2/h7-8,11H,5-6,9-10H2,1-4H3,(H,19,23). The largest absolute Gasteiger partial charge is 0.496 e. The Labute approximate surface area is 147 Å². The molecule has 1 aromatic rings. The maximum Gasteiger partial charge on any atom is 0.325 e. The van der Waals surface area contributed by atoms with Gasteiger partial charge in [0.2, 0.25) is 0 Å². The van der Waals surface area contributed by atoms with Crippen LogP contribution in [0.25, 0.3) is 0 Å². The van der Waals surface area contributed by atoms with Crippen molar-refractivity contribution in [1.82, 2.24) is 10.2 Å². The number of imide groups is 1. The molecule has 1 aliphatic heterocycles. The van der Waals surface area contributed by atoms with Gasteiger partial charge in [0.25, 0.3) is 5.91 Å². The topological polar surface area (TPSA) is 84.9 Å². The van der Waals surface area contributed by atoms with Crippen LogP contribution in [-0.2, 0) is 19.9 Å². The van der Waals surface area contributed by atoms with E-state index in [0.717, 1.165) is 10.5 Å². The van der Waals surface area contributed by atoms with Gasteiger partial charge in [0.05, 0.1) is 20.1 Å². The number of nitrogens with one attached hydrogen (secondary N) is 1. The number of carbonyl (C=O) groups excluding carboxylic acids is 3. The molecule has 0 bridgehead atoms. The van der Waals surface area contributed by atoms with Crippen molar-refractivity contribution in [3.8, 4) is 5.75 Å². The number of hydrogen-bond donors (Lipinski definition) is 1. The summed E-state index contributed by atoms with van der Waals surface area (Å²) in [5.74, 6) is -0.0720. The van der Waals surface area contributed by atoms with Gasteiger partial charge in [-0.05, 0) is 43.5 Å². The summed E-state index contributed by atoms with van der Waals surface area (Å²) in [5, 5.41) is 2.80. The molecule has 7 heteroatoms. The van der Waals surface area contributed by atoms with E-state index in [9.17, 15) is 14.4 Å². The fourth-order valence-corrected chi connectivity index (χ4v) is 3.05. The Morgan fingerprint density at radius 1 is 1.28 bits per heavy atom. The molecule has 0 aromatic heterocycles. The third kappa shape index (κ3) is 3.45. The van der Waals surface area contributed by atoms with Crippen LogP contribution in [0.1, 0.15) is 37.8 Å². The lowest BCUT2D eigenvalue weighted by atomic mass is 9.86. The van der Waals surface area contributed by atoms with Gasteiger partial charge in [-0.25, -0.2) is 4.79 Å². The van der Waals surface area contributed by atoms with E-state index in [0.29, 0.717) is 17.7 Å². The highest BCUT2D eigenvalue weighted by molar-refractivity contribution is 6.07. The molecule has 1 fully saturated rings. The van der Waals surface area contributed by atoms with Crippen molar-refractivity contribution in [3.63, 3.8) is 0 Å². The second-order valence-corrected chi connectivity index (χ2v) is 5.89. The average molecular weight is 348 g/mol. The molecule has 136 valence electrons. The third-order valence-corrected chi connectivity index (χ3v) is 4.44. The Morgan fingerprint density at radius 2 is 2.00 bits per heavy atom. The number of amides is 3. The molecule has 1 N–H and O–H groups in total. The van der Waals surface area contributed by atoms with Crippen molar-refractivity contribution in [2.75, 3.05) is 20.3 Å². The van der Waals surface area contributed by atoms with E-state index in [2.05, 4.69) is 5.32 Å². The predicted molar refractivity (Wildman–Crippen MR) is 91.2 cm³/mol. The first kappa shape index (κ1) is 18.8. The Hall–Kier alpha value is -2.57. The summed E-state index contributed by atoms with van der Waals surface area (Å²) in [6, 6.07) is 4.91. The number of ether oxygens (including phenoxy) is 2. The molecule has 1 unspecified atom stereocenters. The smallest absolute Gasteiger partial charge is 0.325 e. The molecular formula is C18H24N2O5. The van der Waals surface area contributed by atoms with Crippen LogP contribution in [0.3, 0.4) is 0 Å². The van der Waals surface area contributed by atoms with Crippen LogP contribution >= 0.6 is 0 Å². The van der Waals surface area contributed by atoms with Gasteiger partial charge in [0.15, 0.2) is 0 Å². The average Bonchev–Trinajstić information content (AvgIpc) is 2.84. The van der Waals surface area contributed by atoms with Crippen LogP contribution in [0.2, 0.25) is 0 Å². The van der Waals surface area contributed by atoms with Crippen molar-refractivity contribution in [3.05, 3.63) is 29.3 Å². The lowest BCUT2D eigenvalue weighted by molar-refractivity contribution is -0.143. The summed E-state index contributed by atoms with van der Waals surface area (Å²) >= 11 is 0. The van der Waals surface area contributed by atoms with Crippen molar-refractivity contribution in [1.29, 1.82) is 0 Å². The van der Waals surface area contributed by atoms with Crippen molar-refractivity contribution >= 4 is 17.9 Å². The number of carbonyl (C=O) groups is 3. The normalized spacial score (nSPS) is 19.8. The second-order valence-electron chi connectivity index (χ2n) is 5.89. The Morgan fingerprint density at radius 3 is 2.56 bits per heavy atom. The minimum absolute atomic E-state index is 0.000384. The first-order valence-electron chi connectivity index (χ1n) is 8.34. The molecule has 0 spiro atoms. The molecule has 0 radical (unpaired) electrons. The number of methoxy groups -OCH3 is 1. The van der Waals surface area contributed by atoms with E-state index < -0.39 is 17.5 Å². The highest BCUT2D eigenvalue weighted by Gasteiger charge is 2.51. The zero-order valence-electron chi connectivity index (χ0n) is 15.0. The maximum atomic E-state index is 13.0. The van der Waals surface area contributed by atoms with E-state index in [1.165, 1.54) is 0 Å². The maximum absolute atomic E-state index is 13.0. The van der Waals surface area contributed by atoms with Gasteiger partial charge in [-0.1, -0.05) is 13.0 Å². The number of hydrogen-bond acceptors (Lipinski definition) is 5. The quantitative estimate of drug-likeness (QED) is 0.603. The molecule has 1 aliphatic rings. The zero-order chi connectivity index (χ0) is 18.6. The van der Waals surface area contributed by atoms with Crippen LogP contribution in [0.15, 0.2) is 18.2 Å². The molecule has 1 atom stereocenters. The Bertz CT molecular complexity index is 688. The molecule has 7 nitrogen and oxygen atoms in total. The summed E-state index contributed by atoms with van der Waals surface area (Å²) in [6.45, 7) is 5.70. The van der Waals surface area contributed by atoms with Gasteiger partial charge < -0.3 is 14.8 Å². The number of rotatable bonds is 7.